The van der Waals surface area contributed by atoms with E-state index in [9.17, 15) is 9.59 Å². The summed E-state index contributed by atoms with van der Waals surface area (Å²) in [5.74, 6) is -0.411. The van der Waals surface area contributed by atoms with Gasteiger partial charge in [-0.05, 0) is 18.2 Å². The molecular weight excluding hydrogens is 427 g/mol. The Morgan fingerprint density at radius 2 is 1.70 bits per heavy atom. The van der Waals surface area contributed by atoms with Gasteiger partial charge in [0.2, 0.25) is 5.71 Å². The smallest absolute Gasteiger partial charge is 0.238 e. The number of aromatic nitrogens is 2. The molecule has 9 heteroatoms. The third-order valence-electron chi connectivity index (χ3n) is 4.05. The molecule has 0 bridgehead atoms. The number of Topliss-reactive ketones (excluding diaryl/α,β-unsaturated/α-hetero) is 2. The quantitative estimate of drug-likeness (QED) is 0.296. The number of ketones is 2. The fourth-order valence-corrected chi connectivity index (χ4v) is 4.78. The summed E-state index contributed by atoms with van der Waals surface area (Å²) in [6.45, 7) is 0. The van der Waals surface area contributed by atoms with Crippen molar-refractivity contribution in [3.63, 3.8) is 0 Å². The van der Waals surface area contributed by atoms with Crippen LogP contribution >= 0.6 is 45.9 Å². The molecule has 3 aromatic heterocycles. The van der Waals surface area contributed by atoms with Gasteiger partial charge in [0.1, 0.15) is 5.76 Å². The molecule has 1 aromatic carbocycles. The number of halogens is 2. The van der Waals surface area contributed by atoms with E-state index in [0.29, 0.717) is 11.5 Å². The number of hydrogen-bond donors (Lipinski definition) is 0. The van der Waals surface area contributed by atoms with Gasteiger partial charge in [-0.25, -0.2) is 4.98 Å². The number of carbonyl (C=O) groups is 2. The molecule has 0 spiro atoms. The molecule has 0 radical (unpaired) electrons. The van der Waals surface area contributed by atoms with E-state index in [0.717, 1.165) is 14.7 Å². The molecule has 0 N–H and O–H groups in total. The van der Waals surface area contributed by atoms with Crippen molar-refractivity contribution < 1.29 is 14.0 Å². The topological polar surface area (TPSA) is 73.1 Å². The second kappa shape index (κ2) is 6.10. The minimum atomic E-state index is -0.398. The first-order valence-corrected chi connectivity index (χ1v) is 10.1. The van der Waals surface area contributed by atoms with Crippen molar-refractivity contribution in [1.82, 2.24) is 9.97 Å². The van der Waals surface area contributed by atoms with Crippen molar-refractivity contribution in [2.75, 3.05) is 0 Å². The molecular formula is C18H6Cl2N2O3S2. The van der Waals surface area contributed by atoms with E-state index < -0.39 is 11.6 Å². The molecule has 132 valence electrons. The van der Waals surface area contributed by atoms with Crippen molar-refractivity contribution in [1.29, 1.82) is 0 Å². The van der Waals surface area contributed by atoms with Gasteiger partial charge in [-0.15, -0.1) is 22.7 Å². The molecule has 1 aliphatic carbocycles. The first-order chi connectivity index (χ1) is 13.0. The van der Waals surface area contributed by atoms with Gasteiger partial charge >= 0.3 is 0 Å². The predicted octanol–water partition coefficient (Wildman–Crippen LogP) is 5.78. The normalized spacial score (nSPS) is 13.6. The van der Waals surface area contributed by atoms with Crippen LogP contribution in [0, 0.1) is 0 Å². The van der Waals surface area contributed by atoms with Crippen LogP contribution in [0.25, 0.3) is 26.5 Å². The maximum absolute atomic E-state index is 12.6. The number of fused-ring (bicyclic) bond motifs is 2. The summed E-state index contributed by atoms with van der Waals surface area (Å²) in [6, 6.07) is 4.59. The Bertz CT molecular complexity index is 1210. The highest BCUT2D eigenvalue weighted by Crippen LogP contribution is 2.36. The Hall–Kier alpha value is -2.32. The van der Waals surface area contributed by atoms with Crippen LogP contribution in [0.2, 0.25) is 10.0 Å². The molecule has 0 saturated heterocycles. The SMILES string of the molecule is O=C1C(=Cc2cc3sc(-c4nccs4)nc3o2)C(=O)c2cc(Cl)c(Cl)cc21. The summed E-state index contributed by atoms with van der Waals surface area (Å²) in [6.07, 6.45) is 3.15. The summed E-state index contributed by atoms with van der Waals surface area (Å²) >= 11 is 14.9. The number of furan rings is 1. The van der Waals surface area contributed by atoms with Crippen LogP contribution < -0.4 is 0 Å². The molecule has 4 aromatic rings. The van der Waals surface area contributed by atoms with E-state index in [4.69, 9.17) is 27.6 Å². The van der Waals surface area contributed by atoms with E-state index in [2.05, 4.69) is 9.97 Å². The highest BCUT2D eigenvalue weighted by atomic mass is 35.5. The molecule has 5 rings (SSSR count). The largest absolute Gasteiger partial charge is 0.437 e. The van der Waals surface area contributed by atoms with Crippen LogP contribution in [0.15, 0.2) is 39.8 Å². The Morgan fingerprint density at radius 3 is 2.30 bits per heavy atom. The summed E-state index contributed by atoms with van der Waals surface area (Å²) in [5, 5.41) is 3.92. The maximum Gasteiger partial charge on any atom is 0.238 e. The predicted molar refractivity (Wildman–Crippen MR) is 106 cm³/mol. The lowest BCUT2D eigenvalue weighted by Gasteiger charge is -1.98. The second-order valence-electron chi connectivity index (χ2n) is 5.70. The zero-order valence-electron chi connectivity index (χ0n) is 13.2. The van der Waals surface area contributed by atoms with Gasteiger partial charge in [-0.3, -0.25) is 9.59 Å². The van der Waals surface area contributed by atoms with Crippen molar-refractivity contribution in [2.24, 2.45) is 0 Å². The van der Waals surface area contributed by atoms with Crippen LogP contribution in [0.3, 0.4) is 0 Å². The molecule has 27 heavy (non-hydrogen) atoms. The highest BCUT2D eigenvalue weighted by molar-refractivity contribution is 7.24. The molecule has 0 saturated carbocycles. The zero-order valence-corrected chi connectivity index (χ0v) is 16.3. The fourth-order valence-electron chi connectivity index (χ4n) is 2.83. The number of nitrogens with zero attached hydrogens (tertiary/aromatic N) is 2. The Balaban J connectivity index is 1.54. The van der Waals surface area contributed by atoms with Crippen LogP contribution in [0.5, 0.6) is 0 Å². The molecule has 1 aliphatic rings. The molecule has 5 nitrogen and oxygen atoms in total. The molecule has 0 fully saturated rings. The van der Waals surface area contributed by atoms with Crippen LogP contribution in [-0.2, 0) is 0 Å². The Labute approximate surface area is 169 Å². The molecule has 0 aliphatic heterocycles. The van der Waals surface area contributed by atoms with Gasteiger partial charge in [-0.2, -0.15) is 4.98 Å². The highest BCUT2D eigenvalue weighted by Gasteiger charge is 2.34. The lowest BCUT2D eigenvalue weighted by Crippen LogP contribution is -1.99. The summed E-state index contributed by atoms with van der Waals surface area (Å²) in [4.78, 5) is 33.8. The van der Waals surface area contributed by atoms with E-state index in [-0.39, 0.29) is 26.7 Å². The van der Waals surface area contributed by atoms with E-state index in [1.807, 2.05) is 5.38 Å². The van der Waals surface area contributed by atoms with Crippen molar-refractivity contribution >= 4 is 73.9 Å². The van der Waals surface area contributed by atoms with Crippen molar-refractivity contribution in [3.8, 4) is 10.0 Å². The standard InChI is InChI=1S/C18H6Cl2N2O3S2/c19-11-5-8-9(6-12(11)20)15(24)10(14(8)23)3-7-4-13-16(25-7)22-18(27-13)17-21-1-2-26-17/h1-6H. The molecule has 3 heterocycles. The number of rotatable bonds is 2. The first kappa shape index (κ1) is 16.8. The monoisotopic (exact) mass is 432 g/mol. The molecule has 0 unspecified atom stereocenters. The van der Waals surface area contributed by atoms with E-state index >= 15 is 0 Å². The van der Waals surface area contributed by atoms with Gasteiger partial charge in [0.15, 0.2) is 21.6 Å². The number of carbonyl (C=O) groups excluding carboxylic acids is 2. The second-order valence-corrected chi connectivity index (χ2v) is 8.44. The van der Waals surface area contributed by atoms with E-state index in [1.165, 1.54) is 40.9 Å². The van der Waals surface area contributed by atoms with Crippen LogP contribution in [-0.4, -0.2) is 21.5 Å². The van der Waals surface area contributed by atoms with E-state index in [1.54, 1.807) is 12.3 Å². The lowest BCUT2D eigenvalue weighted by atomic mass is 10.1. The number of benzene rings is 1. The Kier molecular flexibility index (Phi) is 3.80. The maximum atomic E-state index is 12.6. The number of hydrogen-bond acceptors (Lipinski definition) is 7. The van der Waals surface area contributed by atoms with Gasteiger partial charge in [-0.1, -0.05) is 23.2 Å². The first-order valence-electron chi connectivity index (χ1n) is 7.61. The van der Waals surface area contributed by atoms with Gasteiger partial charge in [0.05, 0.1) is 20.3 Å². The third kappa shape index (κ3) is 2.66. The molecule has 0 atom stereocenters. The average molecular weight is 433 g/mol. The number of allylic oxidation sites excluding steroid dienone is 1. The van der Waals surface area contributed by atoms with Crippen molar-refractivity contribution in [3.05, 3.63) is 62.3 Å². The summed E-state index contributed by atoms with van der Waals surface area (Å²) in [5.41, 5.74) is 0.958. The average Bonchev–Trinajstić information content (AvgIpc) is 3.38. The minimum absolute atomic E-state index is 0.0184. The number of thiazole rings is 2. The Morgan fingerprint density at radius 1 is 1.00 bits per heavy atom. The molecule has 0 amide bonds. The van der Waals surface area contributed by atoms with Crippen molar-refractivity contribution in [2.45, 2.75) is 0 Å². The van der Waals surface area contributed by atoms with Gasteiger partial charge in [0, 0.05) is 28.8 Å². The summed E-state index contributed by atoms with van der Waals surface area (Å²) < 4.78 is 6.51. The fraction of sp³-hybridized carbons (Fsp3) is 0. The van der Waals surface area contributed by atoms with Crippen LogP contribution in [0.4, 0.5) is 0 Å². The van der Waals surface area contributed by atoms with Gasteiger partial charge < -0.3 is 4.42 Å². The zero-order chi connectivity index (χ0) is 18.7. The minimum Gasteiger partial charge on any atom is -0.437 e. The summed E-state index contributed by atoms with van der Waals surface area (Å²) in [7, 11) is 0. The van der Waals surface area contributed by atoms with Gasteiger partial charge in [0.25, 0.3) is 0 Å². The third-order valence-corrected chi connectivity index (χ3v) is 6.67. The van der Waals surface area contributed by atoms with Crippen LogP contribution in [0.1, 0.15) is 26.5 Å². The lowest BCUT2D eigenvalue weighted by molar-refractivity contribution is 0.0990.